The van der Waals surface area contributed by atoms with Gasteiger partial charge in [-0.05, 0) is 62.0 Å². The Morgan fingerprint density at radius 2 is 1.56 bits per heavy atom. The normalized spacial score (nSPS) is 16.1. The van der Waals surface area contributed by atoms with Crippen molar-refractivity contribution in [1.82, 2.24) is 46.8 Å². The largest absolute Gasteiger partial charge is 0.480 e. The minimum Gasteiger partial charge on any atom is -0.480 e. The van der Waals surface area contributed by atoms with Gasteiger partial charge in [0, 0.05) is 43.6 Å². The lowest BCUT2D eigenvalue weighted by molar-refractivity contribution is -0.142. The van der Waals surface area contributed by atoms with Crippen LogP contribution in [0.3, 0.4) is 0 Å². The molecule has 0 bridgehead atoms. The summed E-state index contributed by atoms with van der Waals surface area (Å²) in [6.07, 6.45) is 6.22. The summed E-state index contributed by atoms with van der Waals surface area (Å²) >= 11 is 5.47. The van der Waals surface area contributed by atoms with Gasteiger partial charge in [-0.3, -0.25) is 38.6 Å². The number of thiol groups is 1. The Morgan fingerprint density at radius 3 is 2.18 bits per heavy atom. The summed E-state index contributed by atoms with van der Waals surface area (Å²) in [5, 5.41) is 24.9. The number of hydrogen-bond acceptors (Lipinski definition) is 13. The van der Waals surface area contributed by atoms with Gasteiger partial charge in [-0.1, -0.05) is 44.2 Å². The highest BCUT2D eigenvalue weighted by Gasteiger charge is 2.40. The number of nitrogens with zero attached hydrogens (tertiary/aromatic N) is 3. The molecule has 7 atom stereocenters. The minimum atomic E-state index is -1.33. The number of carbonyl (C=O) groups excluding carboxylic acids is 7. The van der Waals surface area contributed by atoms with Crippen LogP contribution in [-0.2, 0) is 51.2 Å². The van der Waals surface area contributed by atoms with E-state index >= 15 is 0 Å². The lowest BCUT2D eigenvalue weighted by atomic mass is 10.0. The Bertz CT molecular complexity index is 1960. The standard InChI is InChI=1S/C42H65N13O9S2/c1-24(2)17-31(54-35(57)27(43)13-16-66-3)40(62)55-15-8-12-33(55)39(61)53-29(18-25-9-5-4-6-10-25)38(60)51-28(11-7-14-47-42(44)45)37(59)52-30(19-26-20-46-23-49-26)36(58)48-21-34(56)50-32(22-65)41(63)64/h4-6,9-10,20,23-24,27-33,65H,7-8,11-19,21-22,43H2,1-3H3,(H,46,49)(H,48,58)(H,50,56)(H,51,60)(H,52,59)(H,53,61)(H,54,57)(H,63,64)(H4,44,45,47)/t27-,28-,29-,30-,31-,32-,33-/m0/s1. The molecule has 0 saturated carbocycles. The van der Waals surface area contributed by atoms with Crippen molar-refractivity contribution in [3.63, 3.8) is 0 Å². The second-order valence-electron chi connectivity index (χ2n) is 16.2. The average Bonchev–Trinajstić information content (AvgIpc) is 4.00. The number of carbonyl (C=O) groups is 8. The van der Waals surface area contributed by atoms with Crippen molar-refractivity contribution < 1.29 is 43.5 Å². The number of nitrogens with one attached hydrogen (secondary N) is 7. The lowest BCUT2D eigenvalue weighted by Crippen LogP contribution is -2.60. The Hall–Kier alpha value is -5.88. The molecule has 1 saturated heterocycles. The zero-order valence-corrected chi connectivity index (χ0v) is 39.2. The zero-order chi connectivity index (χ0) is 48.8. The molecule has 1 aromatic carbocycles. The summed E-state index contributed by atoms with van der Waals surface area (Å²) in [6, 6.07) is 0.889. The third-order valence-corrected chi connectivity index (χ3v) is 11.5. The van der Waals surface area contributed by atoms with Crippen LogP contribution in [0.25, 0.3) is 0 Å². The molecule has 0 unspecified atom stereocenters. The molecule has 14 N–H and O–H groups in total. The number of likely N-dealkylation sites (tertiary alicyclic amines) is 1. The Morgan fingerprint density at radius 1 is 0.894 bits per heavy atom. The van der Waals surface area contributed by atoms with E-state index in [2.05, 4.69) is 59.5 Å². The van der Waals surface area contributed by atoms with E-state index in [-0.39, 0.29) is 56.4 Å². The number of hydrogen-bond donors (Lipinski definition) is 12. The molecule has 1 aliphatic rings. The van der Waals surface area contributed by atoms with Crippen LogP contribution in [-0.4, -0.2) is 153 Å². The van der Waals surface area contributed by atoms with E-state index in [0.717, 1.165) is 0 Å². The van der Waals surface area contributed by atoms with E-state index in [1.807, 2.05) is 20.1 Å². The maximum atomic E-state index is 14.4. The van der Waals surface area contributed by atoms with Crippen molar-refractivity contribution in [2.45, 2.75) is 108 Å². The van der Waals surface area contributed by atoms with Crippen molar-refractivity contribution in [3.05, 3.63) is 54.1 Å². The highest BCUT2D eigenvalue weighted by atomic mass is 32.2. The monoisotopic (exact) mass is 959 g/mol. The second-order valence-corrected chi connectivity index (χ2v) is 17.6. The quantitative estimate of drug-likeness (QED) is 0.0189. The third-order valence-electron chi connectivity index (χ3n) is 10.5. The first-order chi connectivity index (χ1) is 31.4. The first-order valence-electron chi connectivity index (χ1n) is 21.7. The van der Waals surface area contributed by atoms with E-state index < -0.39 is 96.2 Å². The van der Waals surface area contributed by atoms with Crippen LogP contribution in [0.1, 0.15) is 63.6 Å². The molecule has 66 heavy (non-hydrogen) atoms. The number of carboxylic acids is 1. The number of H-pyrrole nitrogens is 1. The SMILES string of the molecule is CSCC[C@H](N)C(=O)N[C@@H](CC(C)C)C(=O)N1CCC[C@H]1C(=O)N[C@@H](Cc1ccccc1)C(=O)N[C@@H](CCCN=C(N)N)C(=O)N[C@@H](Cc1cnc[nH]1)C(=O)NCC(=O)N[C@@H](CS)C(=O)O. The molecule has 2 aromatic rings. The van der Waals surface area contributed by atoms with Crippen LogP contribution in [0.5, 0.6) is 0 Å². The number of thioether (sulfide) groups is 1. The summed E-state index contributed by atoms with van der Waals surface area (Å²) in [7, 11) is 0. The van der Waals surface area contributed by atoms with Crippen molar-refractivity contribution in [3.8, 4) is 0 Å². The number of rotatable bonds is 28. The number of carboxylic acid groups (broad SMARTS) is 1. The molecule has 1 aliphatic heterocycles. The molecule has 0 aliphatic carbocycles. The van der Waals surface area contributed by atoms with E-state index in [0.29, 0.717) is 42.7 Å². The van der Waals surface area contributed by atoms with Gasteiger partial charge in [-0.25, -0.2) is 9.78 Å². The Balaban J connectivity index is 1.88. The fourth-order valence-corrected chi connectivity index (χ4v) is 7.78. The number of aliphatic imine (C=N–C) groups is 1. The van der Waals surface area contributed by atoms with Gasteiger partial charge in [-0.2, -0.15) is 24.4 Å². The number of aromatic nitrogens is 2. The molecule has 0 radical (unpaired) electrons. The summed E-state index contributed by atoms with van der Waals surface area (Å²) in [4.78, 5) is 119. The van der Waals surface area contributed by atoms with Crippen LogP contribution in [0.4, 0.5) is 0 Å². The Labute approximate surface area is 393 Å². The topological polar surface area (TPSA) is 351 Å². The van der Waals surface area contributed by atoms with Gasteiger partial charge in [0.25, 0.3) is 0 Å². The minimum absolute atomic E-state index is 0.00966. The fourth-order valence-electron chi connectivity index (χ4n) is 7.04. The number of aromatic amines is 1. The first-order valence-corrected chi connectivity index (χ1v) is 23.7. The summed E-state index contributed by atoms with van der Waals surface area (Å²) in [6.45, 7) is 3.52. The average molecular weight is 960 g/mol. The smallest absolute Gasteiger partial charge is 0.327 e. The van der Waals surface area contributed by atoms with Crippen molar-refractivity contribution in [2.24, 2.45) is 28.1 Å². The number of benzene rings is 1. The highest BCUT2D eigenvalue weighted by Crippen LogP contribution is 2.21. The van der Waals surface area contributed by atoms with Gasteiger partial charge in [0.15, 0.2) is 5.96 Å². The van der Waals surface area contributed by atoms with E-state index in [9.17, 15) is 43.5 Å². The number of aliphatic carboxylic acids is 1. The third kappa shape index (κ3) is 18.5. The maximum Gasteiger partial charge on any atom is 0.327 e. The highest BCUT2D eigenvalue weighted by molar-refractivity contribution is 7.98. The van der Waals surface area contributed by atoms with Crippen molar-refractivity contribution in [1.29, 1.82) is 0 Å². The van der Waals surface area contributed by atoms with Gasteiger partial charge in [0.1, 0.15) is 36.3 Å². The van der Waals surface area contributed by atoms with Crippen LogP contribution in [0, 0.1) is 5.92 Å². The Kier molecular flexibility index (Phi) is 23.3. The van der Waals surface area contributed by atoms with Crippen LogP contribution in [0.2, 0.25) is 0 Å². The molecule has 22 nitrogen and oxygen atoms in total. The van der Waals surface area contributed by atoms with Gasteiger partial charge >= 0.3 is 5.97 Å². The summed E-state index contributed by atoms with van der Waals surface area (Å²) < 4.78 is 0. The van der Waals surface area contributed by atoms with Gasteiger partial charge in [0.05, 0.1) is 18.9 Å². The molecule has 1 aromatic heterocycles. The number of nitrogens with two attached hydrogens (primary N) is 3. The van der Waals surface area contributed by atoms with E-state index in [1.165, 1.54) is 17.4 Å². The predicted octanol–water partition coefficient (Wildman–Crippen LogP) is -2.08. The number of amides is 7. The molecule has 7 amide bonds. The lowest BCUT2D eigenvalue weighted by Gasteiger charge is -2.31. The van der Waals surface area contributed by atoms with Gasteiger partial charge in [0.2, 0.25) is 41.4 Å². The molecule has 0 spiro atoms. The first kappa shape index (κ1) is 54.5. The second kappa shape index (κ2) is 28.2. The molecule has 1 fully saturated rings. The molecule has 2 heterocycles. The van der Waals surface area contributed by atoms with Gasteiger partial charge in [-0.15, -0.1) is 0 Å². The van der Waals surface area contributed by atoms with E-state index in [4.69, 9.17) is 17.2 Å². The molecule has 364 valence electrons. The molecule has 24 heteroatoms. The van der Waals surface area contributed by atoms with Crippen LogP contribution < -0.4 is 49.1 Å². The van der Waals surface area contributed by atoms with Gasteiger partial charge < -0.3 is 64.1 Å². The predicted molar refractivity (Wildman–Crippen MR) is 252 cm³/mol. The number of guanidine groups is 1. The zero-order valence-electron chi connectivity index (χ0n) is 37.5. The fraction of sp³-hybridized carbons (Fsp3) is 0.571. The summed E-state index contributed by atoms with van der Waals surface area (Å²) in [5.41, 5.74) is 18.3. The molecular formula is C42H65N13O9S2. The molecular weight excluding hydrogens is 895 g/mol. The maximum absolute atomic E-state index is 14.4. The van der Waals surface area contributed by atoms with Crippen molar-refractivity contribution >= 4 is 77.7 Å². The van der Waals surface area contributed by atoms with Crippen LogP contribution >= 0.6 is 24.4 Å². The van der Waals surface area contributed by atoms with Crippen molar-refractivity contribution in [2.75, 3.05) is 37.4 Å². The van der Waals surface area contributed by atoms with Crippen LogP contribution in [0.15, 0.2) is 47.8 Å². The number of imidazole rings is 1. The summed E-state index contributed by atoms with van der Waals surface area (Å²) in [5.74, 6) is -5.74. The van der Waals surface area contributed by atoms with E-state index in [1.54, 1.807) is 42.1 Å². The molecule has 3 rings (SSSR count).